The molecule has 0 saturated heterocycles. The maximum Gasteiger partial charge on any atom is 0.343 e. The van der Waals surface area contributed by atoms with Gasteiger partial charge in [-0.05, 0) is 73.1 Å². The molecule has 9 heteroatoms. The highest BCUT2D eigenvalue weighted by Crippen LogP contribution is 2.38. The van der Waals surface area contributed by atoms with Crippen molar-refractivity contribution >= 4 is 34.1 Å². The van der Waals surface area contributed by atoms with Gasteiger partial charge in [-0.2, -0.15) is 0 Å². The molecule has 1 amide bonds. The van der Waals surface area contributed by atoms with Gasteiger partial charge in [0.1, 0.15) is 19.0 Å². The quantitative estimate of drug-likeness (QED) is 0.400. The molecule has 0 saturated carbocycles. The number of aliphatic hydroxyl groups is 2. The average Bonchev–Trinajstić information content (AvgIpc) is 2.97. The number of allylic oxidation sites excluding steroid dienone is 2. The number of ether oxygens (including phenoxy) is 1. The number of rotatable bonds is 7. The van der Waals surface area contributed by atoms with Gasteiger partial charge >= 0.3 is 5.97 Å². The van der Waals surface area contributed by atoms with Crippen LogP contribution in [0.1, 0.15) is 56.0 Å². The predicted molar refractivity (Wildman–Crippen MR) is 149 cm³/mol. The van der Waals surface area contributed by atoms with Crippen LogP contribution in [-0.4, -0.2) is 69.7 Å². The number of aryl methyl sites for hydroxylation is 1. The monoisotopic (exact) mass is 550 g/mol. The number of amides is 1. The Labute approximate surface area is 232 Å². The number of pyridine rings is 1. The molecule has 1 aliphatic heterocycles. The van der Waals surface area contributed by atoms with Crippen LogP contribution in [0.25, 0.3) is 16.5 Å². The number of hydrogen-bond donors (Lipinski definition) is 2. The second kappa shape index (κ2) is 11.4. The van der Waals surface area contributed by atoms with E-state index >= 15 is 0 Å². The maximum absolute atomic E-state index is 14.7. The zero-order chi connectivity index (χ0) is 29.4. The molecule has 40 heavy (non-hydrogen) atoms. The van der Waals surface area contributed by atoms with Crippen LogP contribution in [0.4, 0.5) is 4.39 Å². The van der Waals surface area contributed by atoms with Crippen LogP contribution in [0, 0.1) is 12.7 Å². The molecule has 2 aliphatic rings. The van der Waals surface area contributed by atoms with E-state index in [4.69, 9.17) is 9.72 Å². The molecule has 1 aromatic carbocycles. The summed E-state index contributed by atoms with van der Waals surface area (Å²) in [6.07, 6.45) is 2.77. The van der Waals surface area contributed by atoms with E-state index in [1.165, 1.54) is 6.07 Å². The number of halogens is 1. The highest BCUT2D eigenvalue weighted by molar-refractivity contribution is 6.11. The van der Waals surface area contributed by atoms with Crippen molar-refractivity contribution in [2.75, 3.05) is 26.3 Å². The zero-order valence-electron chi connectivity index (χ0n) is 23.4. The molecule has 0 radical (unpaired) electrons. The van der Waals surface area contributed by atoms with E-state index < -0.39 is 35.7 Å². The van der Waals surface area contributed by atoms with Gasteiger partial charge in [-0.25, -0.2) is 14.2 Å². The third-order valence-electron chi connectivity index (χ3n) is 7.79. The zero-order valence-corrected chi connectivity index (χ0v) is 23.4. The van der Waals surface area contributed by atoms with E-state index in [0.29, 0.717) is 59.2 Å². The minimum absolute atomic E-state index is 0.00586. The van der Waals surface area contributed by atoms with Crippen molar-refractivity contribution in [2.45, 2.75) is 59.0 Å². The van der Waals surface area contributed by atoms with E-state index in [2.05, 4.69) is 6.58 Å². The molecule has 1 atom stereocenters. The molecule has 0 spiro atoms. The largest absolute Gasteiger partial charge is 0.458 e. The van der Waals surface area contributed by atoms with Crippen LogP contribution in [0.3, 0.4) is 0 Å². The van der Waals surface area contributed by atoms with Crippen LogP contribution < -0.4 is 0 Å². The molecule has 2 heterocycles. The number of Topliss-reactive ketones (excluding diaryl/α,β-unsaturated/α-hetero) is 1. The van der Waals surface area contributed by atoms with Gasteiger partial charge in [0.2, 0.25) is 5.91 Å². The molecule has 0 fully saturated rings. The Morgan fingerprint density at radius 1 is 1.23 bits per heavy atom. The van der Waals surface area contributed by atoms with Crippen molar-refractivity contribution in [2.24, 2.45) is 0 Å². The van der Waals surface area contributed by atoms with Gasteiger partial charge in [-0.1, -0.05) is 20.4 Å². The molecule has 1 aliphatic carbocycles. The molecule has 2 N–H and O–H groups in total. The van der Waals surface area contributed by atoms with E-state index in [0.717, 1.165) is 5.56 Å². The summed E-state index contributed by atoms with van der Waals surface area (Å²) in [6, 6.07) is 3.08. The lowest BCUT2D eigenvalue weighted by atomic mass is 9.82. The average molecular weight is 551 g/mol. The third-order valence-corrected chi connectivity index (χ3v) is 7.79. The van der Waals surface area contributed by atoms with Crippen molar-refractivity contribution < 1.29 is 33.7 Å². The van der Waals surface area contributed by atoms with Crippen LogP contribution in [-0.2, 0) is 32.0 Å². The number of esters is 1. The van der Waals surface area contributed by atoms with Crippen LogP contribution in [0.2, 0.25) is 0 Å². The Hall–Kier alpha value is -3.69. The summed E-state index contributed by atoms with van der Waals surface area (Å²) in [5.74, 6) is -2.06. The lowest BCUT2D eigenvalue weighted by Crippen LogP contribution is -2.46. The number of benzene rings is 1. The smallest absolute Gasteiger partial charge is 0.343 e. The summed E-state index contributed by atoms with van der Waals surface area (Å²) in [4.78, 5) is 45.0. The first kappa shape index (κ1) is 29.3. The normalized spacial score (nSPS) is 20.7. The Balaban J connectivity index is 1.99. The lowest BCUT2D eigenvalue weighted by Gasteiger charge is -2.32. The number of carbonyl (C=O) groups excluding carboxylic acids is 3. The minimum Gasteiger partial charge on any atom is -0.458 e. The van der Waals surface area contributed by atoms with Gasteiger partial charge in [-0.3, -0.25) is 9.59 Å². The van der Waals surface area contributed by atoms with Crippen molar-refractivity contribution in [1.82, 2.24) is 9.88 Å². The Kier molecular flexibility index (Phi) is 8.37. The standard InChI is InChI=1S/C31H35FN2O6/c1-6-9-34(27(36)15-35)10-8-20-21-11-17(3)25(32)14-26(21)33-28-18(4)13-24-23(29(37)19(5)12-22(20)28)16-40-30(38)31(24,39)7-2/h11,13-14,35,39H,5-10,12,15-16H2,1-4H3/b18-13+/t31-/m0/s1. The van der Waals surface area contributed by atoms with Crippen LogP contribution >= 0.6 is 0 Å². The van der Waals surface area contributed by atoms with Gasteiger partial charge in [-0.15, -0.1) is 0 Å². The number of fused-ring (bicyclic) bond motifs is 2. The molecular weight excluding hydrogens is 515 g/mol. The van der Waals surface area contributed by atoms with E-state index in [-0.39, 0.29) is 36.2 Å². The van der Waals surface area contributed by atoms with Gasteiger partial charge < -0.3 is 19.8 Å². The molecular formula is C31H35FN2O6. The first-order valence-electron chi connectivity index (χ1n) is 13.5. The van der Waals surface area contributed by atoms with Crippen molar-refractivity contribution in [3.05, 3.63) is 69.7 Å². The highest BCUT2D eigenvalue weighted by Gasteiger charge is 2.46. The molecule has 0 bridgehead atoms. The summed E-state index contributed by atoms with van der Waals surface area (Å²) >= 11 is 0. The number of carbonyl (C=O) groups is 3. The lowest BCUT2D eigenvalue weighted by molar-refractivity contribution is -0.163. The summed E-state index contributed by atoms with van der Waals surface area (Å²) in [6.45, 7) is 10.9. The fourth-order valence-electron chi connectivity index (χ4n) is 5.49. The van der Waals surface area contributed by atoms with E-state index in [9.17, 15) is 29.0 Å². The van der Waals surface area contributed by atoms with E-state index in [1.807, 2.05) is 6.92 Å². The predicted octanol–water partition coefficient (Wildman–Crippen LogP) is 3.53. The molecule has 0 unspecified atom stereocenters. The molecule has 212 valence electrons. The third kappa shape index (κ3) is 5.11. The number of aliphatic hydroxyl groups excluding tert-OH is 1. The number of ketones is 1. The summed E-state index contributed by atoms with van der Waals surface area (Å²) in [5.41, 5.74) is 1.92. The number of hydrogen-bond acceptors (Lipinski definition) is 7. The summed E-state index contributed by atoms with van der Waals surface area (Å²) in [7, 11) is 0. The highest BCUT2D eigenvalue weighted by atomic mass is 19.1. The topological polar surface area (TPSA) is 117 Å². The molecule has 1 aromatic heterocycles. The Morgan fingerprint density at radius 3 is 2.60 bits per heavy atom. The van der Waals surface area contributed by atoms with Crippen LogP contribution in [0.15, 0.2) is 41.5 Å². The van der Waals surface area contributed by atoms with Crippen molar-refractivity contribution in [3.63, 3.8) is 0 Å². The Bertz CT molecular complexity index is 1490. The molecule has 8 nitrogen and oxygen atoms in total. The fourth-order valence-corrected chi connectivity index (χ4v) is 5.49. The second-order valence-corrected chi connectivity index (χ2v) is 10.4. The summed E-state index contributed by atoms with van der Waals surface area (Å²) < 4.78 is 19.9. The molecule has 2 aromatic rings. The maximum atomic E-state index is 14.7. The first-order valence-corrected chi connectivity index (χ1v) is 13.5. The van der Waals surface area contributed by atoms with Gasteiger partial charge in [0, 0.05) is 42.1 Å². The molecule has 4 rings (SSSR count). The van der Waals surface area contributed by atoms with Crippen LogP contribution in [0.5, 0.6) is 0 Å². The summed E-state index contributed by atoms with van der Waals surface area (Å²) in [5, 5.41) is 21.5. The fraction of sp³-hybridized carbons (Fsp3) is 0.419. The van der Waals surface area contributed by atoms with E-state index in [1.54, 1.807) is 37.8 Å². The van der Waals surface area contributed by atoms with Gasteiger partial charge in [0.25, 0.3) is 0 Å². The van der Waals surface area contributed by atoms with Gasteiger partial charge in [0.05, 0.1) is 11.2 Å². The van der Waals surface area contributed by atoms with Gasteiger partial charge in [0.15, 0.2) is 11.4 Å². The van der Waals surface area contributed by atoms with Crippen molar-refractivity contribution in [3.8, 4) is 0 Å². The Morgan fingerprint density at radius 2 is 1.95 bits per heavy atom. The second-order valence-electron chi connectivity index (χ2n) is 10.4. The van der Waals surface area contributed by atoms with Crippen molar-refractivity contribution in [1.29, 1.82) is 0 Å². The SMILES string of the molecule is C=C1Cc2c(nc3cc(F)c(C)cc3c2CCN(CCC)C(=O)CO)/C(C)=C/C2=C(COC(=O)[C@]2(O)CC)C1=O. The first-order chi connectivity index (χ1) is 19.0. The minimum atomic E-state index is -2.01. The number of aromatic nitrogens is 1. The number of cyclic esters (lactones) is 1. The number of nitrogens with zero attached hydrogens (tertiary/aromatic N) is 2.